The Bertz CT molecular complexity index is 398. The lowest BCUT2D eigenvalue weighted by atomic mass is 10.0. The fourth-order valence-corrected chi connectivity index (χ4v) is 2.76. The van der Waals surface area contributed by atoms with E-state index in [-0.39, 0.29) is 12.1 Å². The fourth-order valence-electron chi connectivity index (χ4n) is 2.76. The van der Waals surface area contributed by atoms with Gasteiger partial charge in [-0.15, -0.1) is 0 Å². The van der Waals surface area contributed by atoms with Crippen molar-refractivity contribution in [2.45, 2.75) is 38.3 Å². The molecular formula is C16H26N2O. The number of rotatable bonds is 7. The van der Waals surface area contributed by atoms with Gasteiger partial charge in [-0.3, -0.25) is 0 Å². The lowest BCUT2D eigenvalue weighted by Gasteiger charge is -2.27. The van der Waals surface area contributed by atoms with Crippen LogP contribution in [0.5, 0.6) is 0 Å². The van der Waals surface area contributed by atoms with Crippen LogP contribution in [0.3, 0.4) is 0 Å². The number of aliphatic hydroxyl groups is 1. The first-order chi connectivity index (χ1) is 9.05. The molecule has 0 saturated heterocycles. The maximum absolute atomic E-state index is 8.94. The van der Waals surface area contributed by atoms with Crippen LogP contribution in [-0.4, -0.2) is 42.8 Å². The molecule has 0 bridgehead atoms. The number of aryl methyl sites for hydroxylation is 1. The third-order valence-corrected chi connectivity index (χ3v) is 3.94. The van der Waals surface area contributed by atoms with Crippen molar-refractivity contribution in [3.05, 3.63) is 35.4 Å². The molecular weight excluding hydrogens is 236 g/mol. The van der Waals surface area contributed by atoms with E-state index in [1.165, 1.54) is 24.0 Å². The second-order valence-electron chi connectivity index (χ2n) is 5.98. The first kappa shape index (κ1) is 14.5. The molecule has 0 aliphatic heterocycles. The average Bonchev–Trinajstić information content (AvgIpc) is 3.10. The van der Waals surface area contributed by atoms with Gasteiger partial charge in [0.1, 0.15) is 0 Å². The van der Waals surface area contributed by atoms with Gasteiger partial charge in [0.25, 0.3) is 0 Å². The molecule has 1 aliphatic carbocycles. The molecule has 1 saturated carbocycles. The molecule has 106 valence electrons. The van der Waals surface area contributed by atoms with Crippen LogP contribution >= 0.6 is 0 Å². The topological polar surface area (TPSA) is 35.5 Å². The van der Waals surface area contributed by atoms with E-state index in [0.29, 0.717) is 6.04 Å². The Kier molecular flexibility index (Phi) is 4.61. The van der Waals surface area contributed by atoms with E-state index >= 15 is 0 Å². The van der Waals surface area contributed by atoms with E-state index in [1.54, 1.807) is 0 Å². The third-order valence-electron chi connectivity index (χ3n) is 3.94. The minimum absolute atomic E-state index is 0.202. The summed E-state index contributed by atoms with van der Waals surface area (Å²) in [7, 11) is 2.06. The van der Waals surface area contributed by atoms with Crippen molar-refractivity contribution < 1.29 is 5.11 Å². The third kappa shape index (κ3) is 3.78. The molecule has 3 nitrogen and oxygen atoms in total. The van der Waals surface area contributed by atoms with Crippen molar-refractivity contribution in [1.82, 2.24) is 10.2 Å². The predicted molar refractivity (Wildman–Crippen MR) is 79.3 cm³/mol. The van der Waals surface area contributed by atoms with Crippen LogP contribution in [-0.2, 0) is 5.54 Å². The zero-order valence-corrected chi connectivity index (χ0v) is 12.3. The van der Waals surface area contributed by atoms with Gasteiger partial charge in [0, 0.05) is 24.7 Å². The molecule has 0 heterocycles. The zero-order valence-electron chi connectivity index (χ0n) is 12.3. The molecule has 1 aromatic rings. The lowest BCUT2D eigenvalue weighted by molar-refractivity contribution is 0.206. The van der Waals surface area contributed by atoms with Gasteiger partial charge in [0.2, 0.25) is 0 Å². The summed E-state index contributed by atoms with van der Waals surface area (Å²) in [5.41, 5.74) is 2.93. The zero-order chi connectivity index (χ0) is 13.9. The maximum atomic E-state index is 8.94. The number of nitrogens with zero attached hydrogens (tertiary/aromatic N) is 1. The van der Waals surface area contributed by atoms with Crippen LogP contribution in [0.1, 0.15) is 30.9 Å². The molecule has 19 heavy (non-hydrogen) atoms. The lowest BCUT2D eigenvalue weighted by Crippen LogP contribution is -2.43. The van der Waals surface area contributed by atoms with E-state index in [0.717, 1.165) is 13.1 Å². The van der Waals surface area contributed by atoms with Crippen molar-refractivity contribution in [3.8, 4) is 0 Å². The van der Waals surface area contributed by atoms with Gasteiger partial charge in [-0.25, -0.2) is 0 Å². The van der Waals surface area contributed by atoms with Crippen LogP contribution in [0.15, 0.2) is 24.3 Å². The van der Waals surface area contributed by atoms with E-state index in [4.69, 9.17) is 5.11 Å². The van der Waals surface area contributed by atoms with Crippen LogP contribution in [0.25, 0.3) is 0 Å². The summed E-state index contributed by atoms with van der Waals surface area (Å²) in [6.07, 6.45) is 2.45. The number of benzene rings is 1. The van der Waals surface area contributed by atoms with E-state index in [2.05, 4.69) is 55.4 Å². The number of likely N-dealkylation sites (N-methyl/N-ethyl adjacent to an activating group) is 1. The van der Waals surface area contributed by atoms with Gasteiger partial charge in [0.05, 0.1) is 6.61 Å². The highest BCUT2D eigenvalue weighted by molar-refractivity contribution is 5.32. The molecule has 0 amide bonds. The molecule has 1 fully saturated rings. The Morgan fingerprint density at radius 2 is 1.95 bits per heavy atom. The second-order valence-corrected chi connectivity index (χ2v) is 5.98. The minimum Gasteiger partial charge on any atom is -0.395 e. The summed E-state index contributed by atoms with van der Waals surface area (Å²) >= 11 is 0. The van der Waals surface area contributed by atoms with Crippen LogP contribution in [0.4, 0.5) is 0 Å². The number of hydrogen-bond donors (Lipinski definition) is 2. The second kappa shape index (κ2) is 6.04. The van der Waals surface area contributed by atoms with Crippen molar-refractivity contribution >= 4 is 0 Å². The highest BCUT2D eigenvalue weighted by atomic mass is 16.3. The van der Waals surface area contributed by atoms with Gasteiger partial charge < -0.3 is 15.3 Å². The molecule has 2 N–H and O–H groups in total. The Morgan fingerprint density at radius 1 is 1.32 bits per heavy atom. The van der Waals surface area contributed by atoms with Crippen LogP contribution in [0, 0.1) is 6.92 Å². The molecule has 0 spiro atoms. The molecule has 1 aromatic carbocycles. The summed E-state index contributed by atoms with van der Waals surface area (Å²) in [5.74, 6) is 0. The SMILES string of the molecule is Cc1ccc(C2(NC(C)CN(C)CCO)CC2)cc1. The van der Waals surface area contributed by atoms with Gasteiger partial charge in [0.15, 0.2) is 0 Å². The van der Waals surface area contributed by atoms with Crippen molar-refractivity contribution in [3.63, 3.8) is 0 Å². The van der Waals surface area contributed by atoms with Crippen molar-refractivity contribution in [1.29, 1.82) is 0 Å². The van der Waals surface area contributed by atoms with Crippen LogP contribution < -0.4 is 5.32 Å². The van der Waals surface area contributed by atoms with Crippen molar-refractivity contribution in [2.75, 3.05) is 26.7 Å². The quantitative estimate of drug-likeness (QED) is 0.787. The Labute approximate surface area is 116 Å². The summed E-state index contributed by atoms with van der Waals surface area (Å²) in [6.45, 7) is 6.29. The molecule has 0 radical (unpaired) electrons. The van der Waals surface area contributed by atoms with E-state index in [9.17, 15) is 0 Å². The normalized spacial score (nSPS) is 18.6. The van der Waals surface area contributed by atoms with Crippen molar-refractivity contribution in [2.24, 2.45) is 0 Å². The largest absolute Gasteiger partial charge is 0.395 e. The molecule has 2 rings (SSSR count). The van der Waals surface area contributed by atoms with Gasteiger partial charge in [-0.1, -0.05) is 29.8 Å². The summed E-state index contributed by atoms with van der Waals surface area (Å²) in [6, 6.07) is 9.32. The molecule has 3 heteroatoms. The Morgan fingerprint density at radius 3 is 2.47 bits per heavy atom. The Hall–Kier alpha value is -0.900. The highest BCUT2D eigenvalue weighted by Crippen LogP contribution is 2.45. The minimum atomic E-state index is 0.202. The molecule has 1 unspecified atom stereocenters. The average molecular weight is 262 g/mol. The summed E-state index contributed by atoms with van der Waals surface area (Å²) in [4.78, 5) is 2.17. The van der Waals surface area contributed by atoms with Gasteiger partial charge >= 0.3 is 0 Å². The number of nitrogens with one attached hydrogen (secondary N) is 1. The van der Waals surface area contributed by atoms with E-state index in [1.807, 2.05) is 0 Å². The number of aliphatic hydroxyl groups excluding tert-OH is 1. The van der Waals surface area contributed by atoms with Crippen LogP contribution in [0.2, 0.25) is 0 Å². The maximum Gasteiger partial charge on any atom is 0.0558 e. The first-order valence-electron chi connectivity index (χ1n) is 7.20. The van der Waals surface area contributed by atoms with E-state index < -0.39 is 0 Å². The first-order valence-corrected chi connectivity index (χ1v) is 7.20. The predicted octanol–water partition coefficient (Wildman–Crippen LogP) is 1.89. The standard InChI is InChI=1S/C16H26N2O/c1-13-4-6-15(7-5-13)16(8-9-16)17-14(2)12-18(3)10-11-19/h4-7,14,17,19H,8-12H2,1-3H3. The fraction of sp³-hybridized carbons (Fsp3) is 0.625. The molecule has 0 aromatic heterocycles. The monoisotopic (exact) mass is 262 g/mol. The highest BCUT2D eigenvalue weighted by Gasteiger charge is 2.44. The molecule has 1 atom stereocenters. The van der Waals surface area contributed by atoms with Gasteiger partial charge in [-0.05, 0) is 39.3 Å². The smallest absolute Gasteiger partial charge is 0.0558 e. The Balaban J connectivity index is 1.92. The number of hydrogen-bond acceptors (Lipinski definition) is 3. The molecule has 1 aliphatic rings. The van der Waals surface area contributed by atoms with Gasteiger partial charge in [-0.2, -0.15) is 0 Å². The summed E-state index contributed by atoms with van der Waals surface area (Å²) in [5, 5.41) is 12.7. The summed E-state index contributed by atoms with van der Waals surface area (Å²) < 4.78 is 0.